The molecule has 0 radical (unpaired) electrons. The highest BCUT2D eigenvalue weighted by Crippen LogP contribution is 2.38. The summed E-state index contributed by atoms with van der Waals surface area (Å²) in [5.74, 6) is -0.864. The van der Waals surface area contributed by atoms with Crippen molar-refractivity contribution in [2.75, 3.05) is 13.1 Å². The standard InChI is InChI=1S/C14H16N4O4S/c19-13-10-3-1-2-4-11(10)14(20)18(13)9-6-17(7-9)23(21,22)12-5-15-8-16-12/h1-2,5,8-11H,3-4,6-7H2,(H,15,16)/t10-,11+. The van der Waals surface area contributed by atoms with Gasteiger partial charge in [-0.15, -0.1) is 0 Å². The van der Waals surface area contributed by atoms with Gasteiger partial charge in [-0.05, 0) is 12.8 Å². The summed E-state index contributed by atoms with van der Waals surface area (Å²) in [7, 11) is -3.63. The predicted octanol–water partition coefficient (Wildman–Crippen LogP) is -0.266. The Kier molecular flexibility index (Phi) is 3.17. The van der Waals surface area contributed by atoms with Crippen molar-refractivity contribution < 1.29 is 18.0 Å². The molecule has 0 spiro atoms. The number of likely N-dealkylation sites (tertiary alicyclic amines) is 1. The summed E-state index contributed by atoms with van der Waals surface area (Å²) in [6.45, 7) is 0.289. The van der Waals surface area contributed by atoms with Gasteiger partial charge in [-0.1, -0.05) is 12.2 Å². The third kappa shape index (κ3) is 2.07. The van der Waals surface area contributed by atoms with Gasteiger partial charge in [0.2, 0.25) is 11.8 Å². The number of imidazole rings is 1. The highest BCUT2D eigenvalue weighted by molar-refractivity contribution is 7.89. The Hall–Kier alpha value is -2.00. The van der Waals surface area contributed by atoms with Crippen LogP contribution in [0.4, 0.5) is 0 Å². The number of aromatic nitrogens is 2. The van der Waals surface area contributed by atoms with E-state index in [0.717, 1.165) is 0 Å². The summed E-state index contributed by atoms with van der Waals surface area (Å²) >= 11 is 0. The van der Waals surface area contributed by atoms with Crippen LogP contribution >= 0.6 is 0 Å². The Bertz CT molecular complexity index is 754. The summed E-state index contributed by atoms with van der Waals surface area (Å²) in [5, 5.41) is 0.0212. The highest BCUT2D eigenvalue weighted by Gasteiger charge is 2.53. The van der Waals surface area contributed by atoms with Crippen molar-refractivity contribution in [2.45, 2.75) is 23.9 Å². The first kappa shape index (κ1) is 14.6. The number of aromatic amines is 1. The summed E-state index contributed by atoms with van der Waals surface area (Å²) in [4.78, 5) is 32.5. The molecule has 4 rings (SSSR count). The van der Waals surface area contributed by atoms with Crippen LogP contribution in [-0.2, 0) is 19.6 Å². The summed E-state index contributed by atoms with van der Waals surface area (Å²) in [5.41, 5.74) is 0. The first-order valence-corrected chi connectivity index (χ1v) is 8.94. The number of carbonyl (C=O) groups excluding carboxylic acids is 2. The van der Waals surface area contributed by atoms with Gasteiger partial charge in [0.25, 0.3) is 10.0 Å². The third-order valence-corrected chi connectivity index (χ3v) is 6.58. The lowest BCUT2D eigenvalue weighted by Gasteiger charge is -2.41. The Morgan fingerprint density at radius 1 is 1.09 bits per heavy atom. The Labute approximate surface area is 133 Å². The maximum atomic E-state index is 12.5. The van der Waals surface area contributed by atoms with Gasteiger partial charge in [0.05, 0.1) is 30.4 Å². The Morgan fingerprint density at radius 3 is 2.22 bits per heavy atom. The minimum atomic E-state index is -3.63. The molecule has 2 fully saturated rings. The summed E-state index contributed by atoms with van der Waals surface area (Å²) in [6, 6.07) is -0.363. The summed E-state index contributed by atoms with van der Waals surface area (Å²) < 4.78 is 25.9. The molecule has 3 heterocycles. The number of rotatable bonds is 3. The number of carbonyl (C=O) groups is 2. The quantitative estimate of drug-likeness (QED) is 0.605. The molecular weight excluding hydrogens is 320 g/mol. The molecule has 0 aromatic carbocycles. The van der Waals surface area contributed by atoms with E-state index in [0.29, 0.717) is 12.8 Å². The molecule has 2 amide bonds. The maximum Gasteiger partial charge on any atom is 0.260 e. The van der Waals surface area contributed by atoms with Crippen molar-refractivity contribution in [3.05, 3.63) is 24.7 Å². The van der Waals surface area contributed by atoms with Crippen LogP contribution in [0.5, 0.6) is 0 Å². The number of sulfonamides is 1. The van der Waals surface area contributed by atoms with Gasteiger partial charge in [-0.25, -0.2) is 13.4 Å². The van der Waals surface area contributed by atoms with Crippen molar-refractivity contribution in [2.24, 2.45) is 11.8 Å². The van der Waals surface area contributed by atoms with E-state index in [1.807, 2.05) is 12.2 Å². The minimum Gasteiger partial charge on any atom is -0.335 e. The molecular formula is C14H16N4O4S. The Morgan fingerprint density at radius 2 is 1.70 bits per heavy atom. The zero-order valence-electron chi connectivity index (χ0n) is 12.3. The van der Waals surface area contributed by atoms with E-state index < -0.39 is 10.0 Å². The van der Waals surface area contributed by atoms with E-state index >= 15 is 0 Å². The fourth-order valence-corrected chi connectivity index (χ4v) is 4.90. The fourth-order valence-electron chi connectivity index (χ4n) is 3.49. The molecule has 23 heavy (non-hydrogen) atoms. The first-order valence-electron chi connectivity index (χ1n) is 7.50. The minimum absolute atomic E-state index is 0.0212. The average Bonchev–Trinajstić information content (AvgIpc) is 3.10. The molecule has 0 bridgehead atoms. The van der Waals surface area contributed by atoms with Gasteiger partial charge < -0.3 is 4.98 Å². The maximum absolute atomic E-state index is 12.5. The molecule has 1 N–H and O–H groups in total. The number of hydrogen-bond donors (Lipinski definition) is 1. The molecule has 2 aliphatic heterocycles. The average molecular weight is 336 g/mol. The van der Waals surface area contributed by atoms with Gasteiger partial charge in [0.15, 0.2) is 5.03 Å². The van der Waals surface area contributed by atoms with Crippen LogP contribution in [-0.4, -0.2) is 58.5 Å². The van der Waals surface area contributed by atoms with Crippen LogP contribution in [0.2, 0.25) is 0 Å². The van der Waals surface area contributed by atoms with E-state index in [-0.39, 0.29) is 47.8 Å². The zero-order valence-corrected chi connectivity index (χ0v) is 13.1. The molecule has 8 nitrogen and oxygen atoms in total. The van der Waals surface area contributed by atoms with Crippen molar-refractivity contribution in [3.63, 3.8) is 0 Å². The number of amides is 2. The van der Waals surface area contributed by atoms with Crippen LogP contribution in [0.3, 0.4) is 0 Å². The predicted molar refractivity (Wildman–Crippen MR) is 78.3 cm³/mol. The summed E-state index contributed by atoms with van der Waals surface area (Å²) in [6.07, 6.45) is 7.60. The largest absolute Gasteiger partial charge is 0.335 e. The number of allylic oxidation sites excluding steroid dienone is 2. The second kappa shape index (κ2) is 5.00. The van der Waals surface area contributed by atoms with Crippen molar-refractivity contribution in [3.8, 4) is 0 Å². The Balaban J connectivity index is 1.48. The van der Waals surface area contributed by atoms with Crippen LogP contribution in [0, 0.1) is 11.8 Å². The number of nitrogens with zero attached hydrogens (tertiary/aromatic N) is 3. The van der Waals surface area contributed by atoms with Crippen LogP contribution < -0.4 is 0 Å². The number of H-pyrrole nitrogens is 1. The van der Waals surface area contributed by atoms with Gasteiger partial charge in [0, 0.05) is 13.1 Å². The van der Waals surface area contributed by atoms with Crippen LogP contribution in [0.15, 0.2) is 29.7 Å². The lowest BCUT2D eigenvalue weighted by atomic mass is 9.85. The second-order valence-electron chi connectivity index (χ2n) is 6.09. The van der Waals surface area contributed by atoms with E-state index in [1.54, 1.807) is 0 Å². The molecule has 3 aliphatic rings. The molecule has 122 valence electrons. The van der Waals surface area contributed by atoms with Crippen molar-refractivity contribution in [1.82, 2.24) is 19.2 Å². The topological polar surface area (TPSA) is 103 Å². The molecule has 0 saturated carbocycles. The molecule has 0 unspecified atom stereocenters. The van der Waals surface area contributed by atoms with Crippen LogP contribution in [0.1, 0.15) is 12.8 Å². The molecule has 1 aromatic heterocycles. The zero-order chi connectivity index (χ0) is 16.2. The lowest BCUT2D eigenvalue weighted by Crippen LogP contribution is -2.62. The number of imide groups is 1. The molecule has 1 aliphatic carbocycles. The van der Waals surface area contributed by atoms with E-state index in [4.69, 9.17) is 0 Å². The van der Waals surface area contributed by atoms with Crippen molar-refractivity contribution in [1.29, 1.82) is 0 Å². The van der Waals surface area contributed by atoms with Gasteiger partial charge >= 0.3 is 0 Å². The fraction of sp³-hybridized carbons (Fsp3) is 0.500. The second-order valence-corrected chi connectivity index (χ2v) is 8.00. The number of hydrogen-bond acceptors (Lipinski definition) is 5. The molecule has 9 heteroatoms. The smallest absolute Gasteiger partial charge is 0.260 e. The molecule has 2 saturated heterocycles. The highest BCUT2D eigenvalue weighted by atomic mass is 32.2. The van der Waals surface area contributed by atoms with Gasteiger partial charge in [-0.2, -0.15) is 4.31 Å². The van der Waals surface area contributed by atoms with Gasteiger partial charge in [0.1, 0.15) is 0 Å². The third-order valence-electron chi connectivity index (χ3n) is 4.83. The van der Waals surface area contributed by atoms with E-state index in [9.17, 15) is 18.0 Å². The SMILES string of the molecule is O=C1[C@H]2CC=CC[C@H]2C(=O)N1C1CN(S(=O)(=O)c2cnc[nH]2)C1. The lowest BCUT2D eigenvalue weighted by molar-refractivity contribution is -0.145. The van der Waals surface area contributed by atoms with E-state index in [1.165, 1.54) is 21.7 Å². The monoisotopic (exact) mass is 336 g/mol. The molecule has 2 atom stereocenters. The first-order chi connectivity index (χ1) is 11.0. The van der Waals surface area contributed by atoms with Gasteiger partial charge in [-0.3, -0.25) is 14.5 Å². The molecule has 1 aromatic rings. The number of fused-ring (bicyclic) bond motifs is 1. The normalized spacial score (nSPS) is 29.0. The van der Waals surface area contributed by atoms with Crippen LogP contribution in [0.25, 0.3) is 0 Å². The van der Waals surface area contributed by atoms with E-state index in [2.05, 4.69) is 9.97 Å². The van der Waals surface area contributed by atoms with Crippen molar-refractivity contribution >= 4 is 21.8 Å². The number of nitrogens with one attached hydrogen (secondary N) is 1.